The minimum atomic E-state index is -0.270. The molecule has 3 heterocycles. The Bertz CT molecular complexity index is 722. The number of hydrogen-bond acceptors (Lipinski definition) is 5. The fourth-order valence-corrected chi connectivity index (χ4v) is 3.77. The van der Waals surface area contributed by atoms with Crippen LogP contribution in [-0.2, 0) is 6.54 Å². The zero-order chi connectivity index (χ0) is 16.0. The lowest BCUT2D eigenvalue weighted by Crippen LogP contribution is -2.31. The molecule has 3 atom stereocenters. The van der Waals surface area contributed by atoms with Crippen molar-refractivity contribution in [2.24, 2.45) is 11.8 Å². The molecule has 0 radical (unpaired) electrons. The Labute approximate surface area is 133 Å². The quantitative estimate of drug-likeness (QED) is 0.915. The van der Waals surface area contributed by atoms with Crippen LogP contribution < -0.4 is 0 Å². The maximum atomic E-state index is 12.6. The lowest BCUT2D eigenvalue weighted by atomic mass is 10.00. The van der Waals surface area contributed by atoms with Gasteiger partial charge >= 0.3 is 0 Å². The van der Waals surface area contributed by atoms with E-state index in [1.54, 1.807) is 21.8 Å². The summed E-state index contributed by atoms with van der Waals surface area (Å²) in [5.41, 5.74) is 1.40. The molecular weight excluding hydrogens is 296 g/mol. The molecular formula is C16H20N4O3. The van der Waals surface area contributed by atoms with Gasteiger partial charge in [0.2, 0.25) is 0 Å². The Balaban J connectivity index is 1.43. The molecule has 1 saturated carbocycles. The summed E-state index contributed by atoms with van der Waals surface area (Å²) in [4.78, 5) is 14.3. The Morgan fingerprint density at radius 2 is 2.30 bits per heavy atom. The van der Waals surface area contributed by atoms with E-state index in [1.165, 1.54) is 0 Å². The number of carbonyl (C=O) groups is 1. The topological polar surface area (TPSA) is 84.4 Å². The average molecular weight is 316 g/mol. The number of aryl methyl sites for hydroxylation is 1. The van der Waals surface area contributed by atoms with Crippen molar-refractivity contribution in [3.05, 3.63) is 35.5 Å². The molecule has 0 aromatic carbocycles. The van der Waals surface area contributed by atoms with E-state index < -0.39 is 0 Å². The minimum absolute atomic E-state index is 0.113. The Morgan fingerprint density at radius 1 is 1.43 bits per heavy atom. The summed E-state index contributed by atoms with van der Waals surface area (Å²) in [6, 6.07) is 1.68. The number of likely N-dealkylation sites (tertiary alicyclic amines) is 1. The third-order valence-corrected chi connectivity index (χ3v) is 4.96. The highest BCUT2D eigenvalue weighted by atomic mass is 16.5. The van der Waals surface area contributed by atoms with Gasteiger partial charge in [-0.25, -0.2) is 0 Å². The van der Waals surface area contributed by atoms with E-state index >= 15 is 0 Å². The smallest absolute Gasteiger partial charge is 0.276 e. The molecule has 23 heavy (non-hydrogen) atoms. The SMILES string of the molecule is Cc1cnn(Cc2cc(C(=O)N3C[C@H]4CC[C@@H](O)[C@H]4C3)no2)c1. The second-order valence-electron chi connectivity index (χ2n) is 6.67. The van der Waals surface area contributed by atoms with Crippen molar-refractivity contribution in [1.82, 2.24) is 19.8 Å². The van der Waals surface area contributed by atoms with Gasteiger partial charge in [-0.1, -0.05) is 5.16 Å². The number of aliphatic hydroxyl groups is 1. The van der Waals surface area contributed by atoms with Crippen LogP contribution in [0.2, 0.25) is 0 Å². The third-order valence-electron chi connectivity index (χ3n) is 4.96. The van der Waals surface area contributed by atoms with Crippen LogP contribution in [-0.4, -0.2) is 50.0 Å². The van der Waals surface area contributed by atoms with Gasteiger partial charge < -0.3 is 14.5 Å². The van der Waals surface area contributed by atoms with Crippen molar-refractivity contribution in [3.8, 4) is 0 Å². The van der Waals surface area contributed by atoms with E-state index in [2.05, 4.69) is 10.3 Å². The molecule has 1 aliphatic carbocycles. The van der Waals surface area contributed by atoms with Crippen molar-refractivity contribution in [3.63, 3.8) is 0 Å². The van der Waals surface area contributed by atoms with Crippen molar-refractivity contribution in [2.45, 2.75) is 32.4 Å². The maximum Gasteiger partial charge on any atom is 0.276 e. The Morgan fingerprint density at radius 3 is 3.04 bits per heavy atom. The summed E-state index contributed by atoms with van der Waals surface area (Å²) in [5.74, 6) is 1.14. The van der Waals surface area contributed by atoms with E-state index in [1.807, 2.05) is 13.1 Å². The molecule has 1 saturated heterocycles. The fraction of sp³-hybridized carbons (Fsp3) is 0.562. The summed E-state index contributed by atoms with van der Waals surface area (Å²) in [6.45, 7) is 3.75. The number of aliphatic hydroxyl groups excluding tert-OH is 1. The van der Waals surface area contributed by atoms with Crippen LogP contribution in [0.25, 0.3) is 0 Å². The van der Waals surface area contributed by atoms with Crippen LogP contribution >= 0.6 is 0 Å². The molecule has 2 aromatic heterocycles. The van der Waals surface area contributed by atoms with E-state index in [9.17, 15) is 9.90 Å². The number of carbonyl (C=O) groups excluding carboxylic acids is 1. The number of aromatic nitrogens is 3. The normalized spacial score (nSPS) is 26.7. The monoisotopic (exact) mass is 316 g/mol. The Kier molecular flexibility index (Phi) is 3.45. The summed E-state index contributed by atoms with van der Waals surface area (Å²) < 4.78 is 7.02. The van der Waals surface area contributed by atoms with E-state index in [4.69, 9.17) is 4.52 Å². The summed E-state index contributed by atoms with van der Waals surface area (Å²) in [6.07, 6.45) is 5.27. The van der Waals surface area contributed by atoms with E-state index in [0.717, 1.165) is 18.4 Å². The van der Waals surface area contributed by atoms with Gasteiger partial charge in [0.15, 0.2) is 11.5 Å². The first kappa shape index (κ1) is 14.4. The van der Waals surface area contributed by atoms with Gasteiger partial charge in [-0.3, -0.25) is 9.48 Å². The van der Waals surface area contributed by atoms with Crippen molar-refractivity contribution >= 4 is 5.91 Å². The average Bonchev–Trinajstić information content (AvgIpc) is 3.27. The summed E-state index contributed by atoms with van der Waals surface area (Å²) >= 11 is 0. The van der Waals surface area contributed by atoms with Crippen LogP contribution in [0.15, 0.2) is 23.0 Å². The van der Waals surface area contributed by atoms with Crippen LogP contribution in [0, 0.1) is 18.8 Å². The molecule has 2 aromatic rings. The number of amides is 1. The molecule has 7 heteroatoms. The van der Waals surface area contributed by atoms with Gasteiger partial charge in [-0.05, 0) is 31.2 Å². The van der Waals surface area contributed by atoms with Gasteiger partial charge in [0.1, 0.15) is 6.54 Å². The van der Waals surface area contributed by atoms with Crippen molar-refractivity contribution < 1.29 is 14.4 Å². The molecule has 1 amide bonds. The van der Waals surface area contributed by atoms with Crippen LogP contribution in [0.5, 0.6) is 0 Å². The maximum absolute atomic E-state index is 12.6. The van der Waals surface area contributed by atoms with Gasteiger partial charge in [-0.15, -0.1) is 0 Å². The highest BCUT2D eigenvalue weighted by Gasteiger charge is 2.43. The third kappa shape index (κ3) is 2.65. The highest BCUT2D eigenvalue weighted by molar-refractivity contribution is 5.92. The highest BCUT2D eigenvalue weighted by Crippen LogP contribution is 2.38. The van der Waals surface area contributed by atoms with Gasteiger partial charge in [0.25, 0.3) is 5.91 Å². The molecule has 2 fully saturated rings. The van der Waals surface area contributed by atoms with Gasteiger partial charge in [0.05, 0.1) is 12.3 Å². The van der Waals surface area contributed by atoms with Crippen LogP contribution in [0.4, 0.5) is 0 Å². The second-order valence-corrected chi connectivity index (χ2v) is 6.67. The van der Waals surface area contributed by atoms with Crippen LogP contribution in [0.1, 0.15) is 34.7 Å². The zero-order valence-corrected chi connectivity index (χ0v) is 13.1. The molecule has 2 aliphatic rings. The first-order valence-electron chi connectivity index (χ1n) is 8.02. The van der Waals surface area contributed by atoms with Gasteiger partial charge in [-0.2, -0.15) is 5.10 Å². The largest absolute Gasteiger partial charge is 0.393 e. The molecule has 0 unspecified atom stereocenters. The molecule has 1 N–H and O–H groups in total. The number of rotatable bonds is 3. The number of hydrogen-bond donors (Lipinski definition) is 1. The van der Waals surface area contributed by atoms with Crippen LogP contribution in [0.3, 0.4) is 0 Å². The zero-order valence-electron chi connectivity index (χ0n) is 13.1. The second kappa shape index (κ2) is 5.49. The predicted molar refractivity (Wildman–Crippen MR) is 80.7 cm³/mol. The molecule has 122 valence electrons. The molecule has 0 bridgehead atoms. The summed E-state index contributed by atoms with van der Waals surface area (Å²) in [7, 11) is 0. The van der Waals surface area contributed by atoms with E-state index in [-0.39, 0.29) is 17.9 Å². The Hall–Kier alpha value is -2.15. The van der Waals surface area contributed by atoms with Gasteiger partial charge in [0, 0.05) is 31.3 Å². The first-order chi connectivity index (χ1) is 11.1. The fourth-order valence-electron chi connectivity index (χ4n) is 3.77. The first-order valence-corrected chi connectivity index (χ1v) is 8.02. The molecule has 1 aliphatic heterocycles. The summed E-state index contributed by atoms with van der Waals surface area (Å²) in [5, 5.41) is 18.1. The number of nitrogens with zero attached hydrogens (tertiary/aromatic N) is 4. The van der Waals surface area contributed by atoms with Crippen molar-refractivity contribution in [2.75, 3.05) is 13.1 Å². The molecule has 4 rings (SSSR count). The lowest BCUT2D eigenvalue weighted by Gasteiger charge is -2.16. The minimum Gasteiger partial charge on any atom is -0.393 e. The predicted octanol–water partition coefficient (Wildman–Crippen LogP) is 1.07. The standard InChI is InChI=1S/C16H20N4O3/c1-10-5-17-20(6-10)8-12-4-14(18-23-12)16(22)19-7-11-2-3-15(21)13(11)9-19/h4-6,11,13,15,21H,2-3,7-9H2,1H3/t11-,13+,15-/m1/s1. The van der Waals surface area contributed by atoms with Crippen molar-refractivity contribution in [1.29, 1.82) is 0 Å². The molecule has 7 nitrogen and oxygen atoms in total. The molecule has 0 spiro atoms. The van der Waals surface area contributed by atoms with E-state index in [0.29, 0.717) is 37.0 Å². The number of fused-ring (bicyclic) bond motifs is 1. The lowest BCUT2D eigenvalue weighted by molar-refractivity contribution is 0.0742.